The van der Waals surface area contributed by atoms with Gasteiger partial charge >= 0.3 is 0 Å². The minimum Gasteiger partial charge on any atom is -0.0654 e. The molecule has 0 spiro atoms. The van der Waals surface area contributed by atoms with E-state index >= 15 is 0 Å². The molecule has 0 heterocycles. The zero-order chi connectivity index (χ0) is 11.5. The van der Waals surface area contributed by atoms with Gasteiger partial charge in [0.2, 0.25) is 0 Å². The maximum Gasteiger partial charge on any atom is -0.0417 e. The van der Waals surface area contributed by atoms with Crippen LogP contribution in [-0.4, -0.2) is 0 Å². The summed E-state index contributed by atoms with van der Waals surface area (Å²) in [6.45, 7) is 9.37. The van der Waals surface area contributed by atoms with Crippen molar-refractivity contribution in [3.8, 4) is 0 Å². The third kappa shape index (κ3) is 8.96. The fourth-order valence-electron chi connectivity index (χ4n) is 2.44. The lowest BCUT2D eigenvalue weighted by Crippen LogP contribution is -2.01. The van der Waals surface area contributed by atoms with Gasteiger partial charge in [-0.1, -0.05) is 85.5 Å². The van der Waals surface area contributed by atoms with Crippen molar-refractivity contribution in [3.63, 3.8) is 0 Å². The molecule has 0 radical (unpaired) electrons. The molecule has 15 heavy (non-hydrogen) atoms. The Labute approximate surface area is 97.8 Å². The molecule has 0 aliphatic heterocycles. The summed E-state index contributed by atoms with van der Waals surface area (Å²) < 4.78 is 0. The summed E-state index contributed by atoms with van der Waals surface area (Å²) >= 11 is 0. The van der Waals surface area contributed by atoms with Gasteiger partial charge in [0.05, 0.1) is 0 Å². The number of unbranched alkanes of at least 4 members (excludes halogenated alkanes) is 1. The highest BCUT2D eigenvalue weighted by Crippen LogP contribution is 2.22. The van der Waals surface area contributed by atoms with Crippen LogP contribution >= 0.6 is 0 Å². The minimum atomic E-state index is 0.957. The first kappa shape index (κ1) is 15.0. The Bertz CT molecular complexity index is 117. The third-order valence-corrected chi connectivity index (χ3v) is 3.63. The average Bonchev–Trinajstić information content (AvgIpc) is 2.23. The Balaban J connectivity index is 3.44. The molecule has 0 bridgehead atoms. The van der Waals surface area contributed by atoms with Crippen molar-refractivity contribution < 1.29 is 0 Å². The maximum atomic E-state index is 2.41. The Morgan fingerprint density at radius 3 is 1.93 bits per heavy atom. The van der Waals surface area contributed by atoms with Gasteiger partial charge in [-0.05, 0) is 11.8 Å². The van der Waals surface area contributed by atoms with Crippen LogP contribution < -0.4 is 0 Å². The van der Waals surface area contributed by atoms with Gasteiger partial charge in [0.25, 0.3) is 0 Å². The molecule has 0 aliphatic carbocycles. The SMILES string of the molecule is CCCCC(CC)CCCC(C)CCC. The minimum absolute atomic E-state index is 0.957. The van der Waals surface area contributed by atoms with Crippen molar-refractivity contribution in [1.29, 1.82) is 0 Å². The summed E-state index contributed by atoms with van der Waals surface area (Å²) in [6.07, 6.45) is 12.8. The predicted octanol–water partition coefficient (Wildman–Crippen LogP) is 5.81. The van der Waals surface area contributed by atoms with Gasteiger partial charge in [-0.25, -0.2) is 0 Å². The largest absolute Gasteiger partial charge is 0.0654 e. The molecular formula is C15H32. The summed E-state index contributed by atoms with van der Waals surface area (Å²) in [7, 11) is 0. The highest BCUT2D eigenvalue weighted by atomic mass is 14.1. The van der Waals surface area contributed by atoms with Gasteiger partial charge in [0.1, 0.15) is 0 Å². The van der Waals surface area contributed by atoms with Crippen LogP contribution in [-0.2, 0) is 0 Å². The molecule has 0 nitrogen and oxygen atoms in total. The normalized spacial score (nSPS) is 15.2. The lowest BCUT2D eigenvalue weighted by molar-refractivity contribution is 0.375. The lowest BCUT2D eigenvalue weighted by Gasteiger charge is -2.16. The van der Waals surface area contributed by atoms with Crippen LogP contribution in [0.3, 0.4) is 0 Å². The highest BCUT2D eigenvalue weighted by Gasteiger charge is 2.07. The van der Waals surface area contributed by atoms with E-state index in [1.54, 1.807) is 0 Å². The third-order valence-electron chi connectivity index (χ3n) is 3.63. The van der Waals surface area contributed by atoms with E-state index in [0.717, 1.165) is 11.8 Å². The van der Waals surface area contributed by atoms with E-state index in [1.165, 1.54) is 57.8 Å². The van der Waals surface area contributed by atoms with Crippen LogP contribution in [0.25, 0.3) is 0 Å². The van der Waals surface area contributed by atoms with E-state index in [4.69, 9.17) is 0 Å². The topological polar surface area (TPSA) is 0 Å². The number of rotatable bonds is 10. The first-order valence-electron chi connectivity index (χ1n) is 7.24. The molecule has 0 aliphatic rings. The first-order valence-corrected chi connectivity index (χ1v) is 7.24. The number of hydrogen-bond acceptors (Lipinski definition) is 0. The second-order valence-corrected chi connectivity index (χ2v) is 5.24. The second-order valence-electron chi connectivity index (χ2n) is 5.24. The van der Waals surface area contributed by atoms with Crippen LogP contribution in [0.4, 0.5) is 0 Å². The van der Waals surface area contributed by atoms with Gasteiger partial charge in [-0.2, -0.15) is 0 Å². The summed E-state index contributed by atoms with van der Waals surface area (Å²) in [5.74, 6) is 1.97. The molecule has 0 saturated carbocycles. The molecular weight excluding hydrogens is 180 g/mol. The van der Waals surface area contributed by atoms with Crippen molar-refractivity contribution in [2.45, 2.75) is 85.5 Å². The molecule has 0 N–H and O–H groups in total. The molecule has 0 aromatic carbocycles. The van der Waals surface area contributed by atoms with Crippen LogP contribution in [0.2, 0.25) is 0 Å². The van der Waals surface area contributed by atoms with E-state index in [2.05, 4.69) is 27.7 Å². The molecule has 2 unspecified atom stereocenters. The van der Waals surface area contributed by atoms with E-state index in [0.29, 0.717) is 0 Å². The Hall–Kier alpha value is 0. The molecule has 0 heteroatoms. The van der Waals surface area contributed by atoms with E-state index < -0.39 is 0 Å². The standard InChI is InChI=1S/C15H32/c1-5-8-12-15(7-3)13-9-11-14(4)10-6-2/h14-15H,5-13H2,1-4H3. The summed E-state index contributed by atoms with van der Waals surface area (Å²) in [5, 5.41) is 0. The van der Waals surface area contributed by atoms with E-state index in [1.807, 2.05) is 0 Å². The molecule has 0 aromatic heterocycles. The quantitative estimate of drug-likeness (QED) is 0.429. The summed E-state index contributed by atoms with van der Waals surface area (Å²) in [5.41, 5.74) is 0. The van der Waals surface area contributed by atoms with Gasteiger partial charge in [0, 0.05) is 0 Å². The van der Waals surface area contributed by atoms with Crippen LogP contribution in [0.5, 0.6) is 0 Å². The van der Waals surface area contributed by atoms with Gasteiger partial charge in [0.15, 0.2) is 0 Å². The van der Waals surface area contributed by atoms with Crippen molar-refractivity contribution in [1.82, 2.24) is 0 Å². The van der Waals surface area contributed by atoms with Crippen LogP contribution in [0.15, 0.2) is 0 Å². The fourth-order valence-corrected chi connectivity index (χ4v) is 2.44. The Kier molecular flexibility index (Phi) is 10.5. The molecule has 2 atom stereocenters. The highest BCUT2D eigenvalue weighted by molar-refractivity contribution is 4.60. The van der Waals surface area contributed by atoms with Crippen molar-refractivity contribution in [2.24, 2.45) is 11.8 Å². The molecule has 92 valence electrons. The van der Waals surface area contributed by atoms with Crippen molar-refractivity contribution >= 4 is 0 Å². The van der Waals surface area contributed by atoms with Gasteiger partial charge in [-0.3, -0.25) is 0 Å². The zero-order valence-electron chi connectivity index (χ0n) is 11.5. The van der Waals surface area contributed by atoms with E-state index in [9.17, 15) is 0 Å². The fraction of sp³-hybridized carbons (Fsp3) is 1.00. The van der Waals surface area contributed by atoms with Crippen molar-refractivity contribution in [2.75, 3.05) is 0 Å². The lowest BCUT2D eigenvalue weighted by atomic mass is 9.91. The maximum absolute atomic E-state index is 2.41. The molecule has 0 fully saturated rings. The smallest absolute Gasteiger partial charge is 0.0417 e. The molecule has 0 saturated heterocycles. The van der Waals surface area contributed by atoms with Gasteiger partial charge in [-0.15, -0.1) is 0 Å². The molecule has 0 rings (SSSR count). The average molecular weight is 212 g/mol. The summed E-state index contributed by atoms with van der Waals surface area (Å²) in [4.78, 5) is 0. The molecule has 0 aromatic rings. The predicted molar refractivity (Wildman–Crippen MR) is 71.2 cm³/mol. The second kappa shape index (κ2) is 10.5. The first-order chi connectivity index (χ1) is 7.24. The number of hydrogen-bond donors (Lipinski definition) is 0. The van der Waals surface area contributed by atoms with E-state index in [-0.39, 0.29) is 0 Å². The Morgan fingerprint density at radius 2 is 1.40 bits per heavy atom. The van der Waals surface area contributed by atoms with Gasteiger partial charge < -0.3 is 0 Å². The van der Waals surface area contributed by atoms with Crippen LogP contribution in [0.1, 0.15) is 85.5 Å². The summed E-state index contributed by atoms with van der Waals surface area (Å²) in [6, 6.07) is 0. The van der Waals surface area contributed by atoms with Crippen LogP contribution in [0, 0.1) is 11.8 Å². The molecule has 0 amide bonds. The Morgan fingerprint density at radius 1 is 0.733 bits per heavy atom. The zero-order valence-corrected chi connectivity index (χ0v) is 11.5. The van der Waals surface area contributed by atoms with Crippen molar-refractivity contribution in [3.05, 3.63) is 0 Å². The monoisotopic (exact) mass is 212 g/mol.